The molecular formula is C10H14N2O3. The third-order valence-electron chi connectivity index (χ3n) is 1.90. The second-order valence-corrected chi connectivity index (χ2v) is 3.26. The van der Waals surface area contributed by atoms with Gasteiger partial charge in [0.15, 0.2) is 0 Å². The van der Waals surface area contributed by atoms with Gasteiger partial charge in [-0.2, -0.15) is 0 Å². The SMILES string of the molecule is CCC(O)Nc1cc(C(=O)O)cc(C)n1. The van der Waals surface area contributed by atoms with Crippen LogP contribution in [0.5, 0.6) is 0 Å². The van der Waals surface area contributed by atoms with E-state index < -0.39 is 12.2 Å². The van der Waals surface area contributed by atoms with E-state index in [1.54, 1.807) is 6.92 Å². The lowest BCUT2D eigenvalue weighted by atomic mass is 10.2. The van der Waals surface area contributed by atoms with Crippen molar-refractivity contribution in [1.29, 1.82) is 0 Å². The fourth-order valence-corrected chi connectivity index (χ4v) is 1.14. The third-order valence-corrected chi connectivity index (χ3v) is 1.90. The van der Waals surface area contributed by atoms with Crippen LogP contribution >= 0.6 is 0 Å². The quantitative estimate of drug-likeness (QED) is 0.651. The average molecular weight is 210 g/mol. The van der Waals surface area contributed by atoms with Crippen molar-refractivity contribution in [3.63, 3.8) is 0 Å². The van der Waals surface area contributed by atoms with Crippen LogP contribution in [-0.2, 0) is 0 Å². The smallest absolute Gasteiger partial charge is 0.335 e. The van der Waals surface area contributed by atoms with Crippen molar-refractivity contribution in [2.75, 3.05) is 5.32 Å². The molecule has 15 heavy (non-hydrogen) atoms. The summed E-state index contributed by atoms with van der Waals surface area (Å²) in [6, 6.07) is 2.88. The first-order chi connectivity index (χ1) is 7.02. The number of carboxylic acids is 1. The number of nitrogens with zero attached hydrogens (tertiary/aromatic N) is 1. The van der Waals surface area contributed by atoms with E-state index in [0.29, 0.717) is 17.9 Å². The van der Waals surface area contributed by atoms with Gasteiger partial charge in [-0.15, -0.1) is 0 Å². The number of pyridine rings is 1. The van der Waals surface area contributed by atoms with Crippen LogP contribution in [0.4, 0.5) is 5.82 Å². The Balaban J connectivity index is 2.93. The molecule has 0 aliphatic heterocycles. The first-order valence-electron chi connectivity index (χ1n) is 4.69. The monoisotopic (exact) mass is 210 g/mol. The van der Waals surface area contributed by atoms with Gasteiger partial charge in [0.05, 0.1) is 5.56 Å². The number of hydrogen-bond donors (Lipinski definition) is 3. The molecule has 1 aromatic heterocycles. The first kappa shape index (κ1) is 11.5. The number of aliphatic hydroxyl groups is 1. The van der Waals surface area contributed by atoms with E-state index in [4.69, 9.17) is 5.11 Å². The van der Waals surface area contributed by atoms with Crippen molar-refractivity contribution < 1.29 is 15.0 Å². The summed E-state index contributed by atoms with van der Waals surface area (Å²) < 4.78 is 0. The van der Waals surface area contributed by atoms with Gasteiger partial charge in [-0.1, -0.05) is 6.92 Å². The Bertz CT molecular complexity index is 366. The van der Waals surface area contributed by atoms with Gasteiger partial charge in [0, 0.05) is 5.69 Å². The van der Waals surface area contributed by atoms with Crippen LogP contribution in [0.3, 0.4) is 0 Å². The summed E-state index contributed by atoms with van der Waals surface area (Å²) in [4.78, 5) is 14.8. The number of aliphatic hydroxyl groups excluding tert-OH is 1. The summed E-state index contributed by atoms with van der Waals surface area (Å²) in [6.45, 7) is 3.52. The minimum atomic E-state index is -1.01. The van der Waals surface area contributed by atoms with Gasteiger partial charge in [-0.3, -0.25) is 0 Å². The molecule has 0 saturated heterocycles. The largest absolute Gasteiger partial charge is 0.478 e. The number of hydrogen-bond acceptors (Lipinski definition) is 4. The zero-order valence-corrected chi connectivity index (χ0v) is 8.69. The van der Waals surface area contributed by atoms with Gasteiger partial charge in [0.25, 0.3) is 0 Å². The number of carboxylic acid groups (broad SMARTS) is 1. The van der Waals surface area contributed by atoms with Crippen molar-refractivity contribution in [2.45, 2.75) is 26.5 Å². The number of aryl methyl sites for hydroxylation is 1. The highest BCUT2D eigenvalue weighted by Crippen LogP contribution is 2.11. The summed E-state index contributed by atoms with van der Waals surface area (Å²) in [7, 11) is 0. The molecule has 5 nitrogen and oxygen atoms in total. The van der Waals surface area contributed by atoms with Crippen LogP contribution in [0.2, 0.25) is 0 Å². The van der Waals surface area contributed by atoms with Crippen LogP contribution in [0.15, 0.2) is 12.1 Å². The predicted octanol–water partition coefficient (Wildman–Crippen LogP) is 1.23. The van der Waals surface area contributed by atoms with Gasteiger partial charge >= 0.3 is 5.97 Å². The van der Waals surface area contributed by atoms with Crippen molar-refractivity contribution >= 4 is 11.8 Å². The summed E-state index contributed by atoms with van der Waals surface area (Å²) in [5.74, 6) is -0.628. The number of nitrogens with one attached hydrogen (secondary N) is 1. The standard InChI is InChI=1S/C10H14N2O3/c1-3-9(13)12-8-5-7(10(14)15)4-6(2)11-8/h4-5,9,13H,3H2,1-2H3,(H,11,12)(H,14,15). The number of rotatable bonds is 4. The summed E-state index contributed by atoms with van der Waals surface area (Å²) in [6.07, 6.45) is -0.182. The van der Waals surface area contributed by atoms with Crippen LogP contribution < -0.4 is 5.32 Å². The van der Waals surface area contributed by atoms with Crippen LogP contribution in [0.25, 0.3) is 0 Å². The molecule has 3 N–H and O–H groups in total. The molecule has 1 rings (SSSR count). The molecule has 1 heterocycles. The van der Waals surface area contributed by atoms with Crippen molar-refractivity contribution in [3.8, 4) is 0 Å². The van der Waals surface area contributed by atoms with Crippen molar-refractivity contribution in [3.05, 3.63) is 23.4 Å². The van der Waals surface area contributed by atoms with Gasteiger partial charge in [-0.25, -0.2) is 9.78 Å². The molecule has 0 radical (unpaired) electrons. The van der Waals surface area contributed by atoms with Gasteiger partial charge in [0.2, 0.25) is 0 Å². The third kappa shape index (κ3) is 3.21. The molecule has 1 atom stereocenters. The molecule has 0 saturated carbocycles. The minimum absolute atomic E-state index is 0.160. The molecule has 0 aromatic carbocycles. The van der Waals surface area contributed by atoms with Gasteiger partial charge < -0.3 is 15.5 Å². The predicted molar refractivity (Wildman–Crippen MR) is 55.9 cm³/mol. The summed E-state index contributed by atoms with van der Waals surface area (Å²) in [5, 5.41) is 20.8. The van der Waals surface area contributed by atoms with Crippen LogP contribution in [0.1, 0.15) is 29.4 Å². The molecule has 82 valence electrons. The van der Waals surface area contributed by atoms with Crippen molar-refractivity contribution in [1.82, 2.24) is 4.98 Å². The van der Waals surface area contributed by atoms with E-state index in [9.17, 15) is 9.90 Å². The van der Waals surface area contributed by atoms with Crippen LogP contribution in [-0.4, -0.2) is 27.4 Å². The molecule has 0 fully saturated rings. The molecule has 1 unspecified atom stereocenters. The molecule has 0 amide bonds. The maximum Gasteiger partial charge on any atom is 0.335 e. The van der Waals surface area contributed by atoms with Gasteiger partial charge in [0.1, 0.15) is 12.0 Å². The number of anilines is 1. The lowest BCUT2D eigenvalue weighted by Gasteiger charge is -2.11. The molecule has 0 bridgehead atoms. The first-order valence-corrected chi connectivity index (χ1v) is 4.69. The van der Waals surface area contributed by atoms with E-state index in [0.717, 1.165) is 0 Å². The Morgan fingerprint density at radius 2 is 2.27 bits per heavy atom. The Morgan fingerprint density at radius 3 is 2.80 bits per heavy atom. The van der Waals surface area contributed by atoms with Crippen molar-refractivity contribution in [2.24, 2.45) is 0 Å². The molecular weight excluding hydrogens is 196 g/mol. The van der Waals surface area contributed by atoms with Gasteiger partial charge in [-0.05, 0) is 25.5 Å². The van der Waals surface area contributed by atoms with E-state index in [1.165, 1.54) is 12.1 Å². The average Bonchev–Trinajstić information content (AvgIpc) is 2.16. The minimum Gasteiger partial charge on any atom is -0.478 e. The topological polar surface area (TPSA) is 82.5 Å². The fraction of sp³-hybridized carbons (Fsp3) is 0.400. The summed E-state index contributed by atoms with van der Waals surface area (Å²) >= 11 is 0. The van der Waals surface area contributed by atoms with E-state index >= 15 is 0 Å². The highest BCUT2D eigenvalue weighted by Gasteiger charge is 2.08. The Kier molecular flexibility index (Phi) is 3.62. The van der Waals surface area contributed by atoms with E-state index in [2.05, 4.69) is 10.3 Å². The lowest BCUT2D eigenvalue weighted by Crippen LogP contribution is -2.18. The number of aromatic carboxylic acids is 1. The maximum atomic E-state index is 10.7. The summed E-state index contributed by atoms with van der Waals surface area (Å²) in [5.41, 5.74) is 0.758. The Hall–Kier alpha value is -1.62. The normalized spacial score (nSPS) is 12.2. The molecule has 0 spiro atoms. The molecule has 0 aliphatic carbocycles. The zero-order chi connectivity index (χ0) is 11.4. The number of carbonyl (C=O) groups is 1. The van der Waals surface area contributed by atoms with E-state index in [-0.39, 0.29) is 5.56 Å². The van der Waals surface area contributed by atoms with Crippen LogP contribution in [0, 0.1) is 6.92 Å². The van der Waals surface area contributed by atoms with E-state index in [1.807, 2.05) is 6.92 Å². The second-order valence-electron chi connectivity index (χ2n) is 3.26. The highest BCUT2D eigenvalue weighted by atomic mass is 16.4. The second kappa shape index (κ2) is 4.75. The lowest BCUT2D eigenvalue weighted by molar-refractivity contribution is 0.0696. The Labute approximate surface area is 87.8 Å². The fourth-order valence-electron chi connectivity index (χ4n) is 1.14. The Morgan fingerprint density at radius 1 is 1.60 bits per heavy atom. The molecule has 5 heteroatoms. The number of aromatic nitrogens is 1. The highest BCUT2D eigenvalue weighted by molar-refractivity contribution is 5.88. The maximum absolute atomic E-state index is 10.7. The zero-order valence-electron chi connectivity index (χ0n) is 8.69. The molecule has 1 aromatic rings. The molecule has 0 aliphatic rings.